The van der Waals surface area contributed by atoms with Crippen LogP contribution in [0.5, 0.6) is 0 Å². The molecule has 0 unspecified atom stereocenters. The average molecular weight is 303 g/mol. The van der Waals surface area contributed by atoms with E-state index in [2.05, 4.69) is 15.9 Å². The van der Waals surface area contributed by atoms with Crippen LogP contribution in [0.1, 0.15) is 5.69 Å². The second kappa shape index (κ2) is 4.08. The van der Waals surface area contributed by atoms with E-state index < -0.39 is 12.7 Å². The van der Waals surface area contributed by atoms with Crippen LogP contribution in [0.25, 0.3) is 10.9 Å². The summed E-state index contributed by atoms with van der Waals surface area (Å²) in [6.45, 7) is -1.16. The van der Waals surface area contributed by atoms with Crippen LogP contribution in [0, 0.1) is 11.3 Å². The van der Waals surface area contributed by atoms with E-state index >= 15 is 0 Å². The Bertz CT molecular complexity index is 607. The molecule has 2 aromatic rings. The summed E-state index contributed by atoms with van der Waals surface area (Å²) in [5, 5.41) is 9.46. The summed E-state index contributed by atoms with van der Waals surface area (Å²) < 4.78 is 38.9. The largest absolute Gasteiger partial charge is 0.406 e. The van der Waals surface area contributed by atoms with Crippen LogP contribution in [-0.4, -0.2) is 10.7 Å². The minimum atomic E-state index is -4.35. The third-order valence-corrected chi connectivity index (χ3v) is 2.96. The van der Waals surface area contributed by atoms with Crippen LogP contribution < -0.4 is 0 Å². The zero-order valence-corrected chi connectivity index (χ0v) is 10.0. The predicted molar refractivity (Wildman–Crippen MR) is 60.4 cm³/mol. The number of hydrogen-bond acceptors (Lipinski definition) is 1. The number of para-hydroxylation sites is 1. The zero-order valence-electron chi connectivity index (χ0n) is 8.42. The molecule has 0 N–H and O–H groups in total. The van der Waals surface area contributed by atoms with Crippen molar-refractivity contribution in [3.8, 4) is 6.07 Å². The second-order valence-corrected chi connectivity index (χ2v) is 4.37. The van der Waals surface area contributed by atoms with Gasteiger partial charge in [0.25, 0.3) is 0 Å². The normalized spacial score (nSPS) is 11.7. The number of aromatic nitrogens is 1. The standard InChI is InChI=1S/C11H6BrF3N2/c12-9-3-1-2-7-4-8(5-16)17(10(7)9)6-11(13,14)15/h1-4H,6H2. The SMILES string of the molecule is N#Cc1cc2cccc(Br)c2n1CC(F)(F)F. The van der Waals surface area contributed by atoms with E-state index in [-0.39, 0.29) is 5.69 Å². The van der Waals surface area contributed by atoms with E-state index in [4.69, 9.17) is 5.26 Å². The summed E-state index contributed by atoms with van der Waals surface area (Å²) in [5.41, 5.74) is 0.394. The average Bonchev–Trinajstić information content (AvgIpc) is 2.55. The molecule has 1 aromatic carbocycles. The van der Waals surface area contributed by atoms with Gasteiger partial charge in [-0.15, -0.1) is 0 Å². The molecule has 2 nitrogen and oxygen atoms in total. The molecule has 1 heterocycles. The Kier molecular flexibility index (Phi) is 2.87. The van der Waals surface area contributed by atoms with E-state index in [0.29, 0.717) is 15.4 Å². The first-order chi connectivity index (χ1) is 7.92. The number of hydrogen-bond donors (Lipinski definition) is 0. The molecular weight excluding hydrogens is 297 g/mol. The van der Waals surface area contributed by atoms with Crippen LogP contribution in [0.3, 0.4) is 0 Å². The summed E-state index contributed by atoms with van der Waals surface area (Å²) in [4.78, 5) is 0. The van der Waals surface area contributed by atoms with E-state index in [1.165, 1.54) is 6.07 Å². The van der Waals surface area contributed by atoms with Crippen molar-refractivity contribution < 1.29 is 13.2 Å². The molecule has 0 saturated carbocycles. The highest BCUT2D eigenvalue weighted by Gasteiger charge is 2.30. The summed E-state index contributed by atoms with van der Waals surface area (Å²) in [5.74, 6) is 0. The lowest BCUT2D eigenvalue weighted by Gasteiger charge is -2.11. The van der Waals surface area contributed by atoms with Crippen molar-refractivity contribution in [2.45, 2.75) is 12.7 Å². The maximum absolute atomic E-state index is 12.4. The molecule has 17 heavy (non-hydrogen) atoms. The maximum Gasteiger partial charge on any atom is 0.406 e. The Hall–Kier alpha value is -1.48. The smallest absolute Gasteiger partial charge is 0.322 e. The minimum Gasteiger partial charge on any atom is -0.322 e. The minimum absolute atomic E-state index is 0.00391. The van der Waals surface area contributed by atoms with Gasteiger partial charge in [-0.2, -0.15) is 18.4 Å². The van der Waals surface area contributed by atoms with Gasteiger partial charge in [-0.3, -0.25) is 0 Å². The summed E-state index contributed by atoms with van der Waals surface area (Å²) >= 11 is 3.20. The van der Waals surface area contributed by atoms with Crippen LogP contribution in [-0.2, 0) is 6.54 Å². The lowest BCUT2D eigenvalue weighted by atomic mass is 10.2. The highest BCUT2D eigenvalue weighted by Crippen LogP contribution is 2.30. The maximum atomic E-state index is 12.4. The number of fused-ring (bicyclic) bond motifs is 1. The van der Waals surface area contributed by atoms with Crippen molar-refractivity contribution in [1.29, 1.82) is 5.26 Å². The van der Waals surface area contributed by atoms with Gasteiger partial charge in [0.05, 0.1) is 5.52 Å². The lowest BCUT2D eigenvalue weighted by molar-refractivity contribution is -0.140. The topological polar surface area (TPSA) is 28.7 Å². The molecule has 0 aliphatic heterocycles. The Morgan fingerprint density at radius 3 is 2.65 bits per heavy atom. The Morgan fingerprint density at radius 1 is 1.35 bits per heavy atom. The summed E-state index contributed by atoms with van der Waals surface area (Å²) in [6, 6.07) is 8.26. The first-order valence-corrected chi connectivity index (χ1v) is 5.46. The number of benzene rings is 1. The quantitative estimate of drug-likeness (QED) is 0.787. The Labute approximate surface area is 103 Å². The van der Waals surface area contributed by atoms with E-state index in [9.17, 15) is 13.2 Å². The van der Waals surface area contributed by atoms with Crippen molar-refractivity contribution in [3.05, 3.63) is 34.4 Å². The van der Waals surface area contributed by atoms with Gasteiger partial charge < -0.3 is 4.57 Å². The fraction of sp³-hybridized carbons (Fsp3) is 0.182. The van der Waals surface area contributed by atoms with Gasteiger partial charge in [0.1, 0.15) is 18.3 Å². The van der Waals surface area contributed by atoms with Crippen LogP contribution in [0.2, 0.25) is 0 Å². The Balaban J connectivity index is 2.71. The van der Waals surface area contributed by atoms with E-state index in [0.717, 1.165) is 4.57 Å². The first kappa shape index (κ1) is 12.0. The zero-order chi connectivity index (χ0) is 12.6. The van der Waals surface area contributed by atoms with Gasteiger partial charge in [-0.05, 0) is 28.1 Å². The molecule has 0 saturated heterocycles. The number of alkyl halides is 3. The Morgan fingerprint density at radius 2 is 2.06 bits per heavy atom. The fourth-order valence-corrected chi connectivity index (χ4v) is 2.31. The van der Waals surface area contributed by atoms with E-state index in [1.807, 2.05) is 0 Å². The number of halogens is 4. The lowest BCUT2D eigenvalue weighted by Crippen LogP contribution is -2.18. The monoisotopic (exact) mass is 302 g/mol. The molecule has 0 radical (unpaired) electrons. The first-order valence-electron chi connectivity index (χ1n) is 4.67. The number of nitriles is 1. The molecule has 0 fully saturated rings. The van der Waals surface area contributed by atoms with Gasteiger partial charge in [0.2, 0.25) is 0 Å². The highest BCUT2D eigenvalue weighted by molar-refractivity contribution is 9.10. The molecule has 0 amide bonds. The van der Waals surface area contributed by atoms with Crippen LogP contribution in [0.15, 0.2) is 28.7 Å². The molecule has 0 aliphatic rings. The molecule has 1 aromatic heterocycles. The molecule has 0 atom stereocenters. The van der Waals surface area contributed by atoms with Crippen LogP contribution >= 0.6 is 15.9 Å². The van der Waals surface area contributed by atoms with Gasteiger partial charge in [0.15, 0.2) is 0 Å². The second-order valence-electron chi connectivity index (χ2n) is 3.52. The molecule has 0 bridgehead atoms. The molecule has 0 aliphatic carbocycles. The van der Waals surface area contributed by atoms with Gasteiger partial charge in [0, 0.05) is 9.86 Å². The molecular formula is C11H6BrF3N2. The van der Waals surface area contributed by atoms with Gasteiger partial charge in [-0.1, -0.05) is 12.1 Å². The van der Waals surface area contributed by atoms with E-state index in [1.54, 1.807) is 24.3 Å². The van der Waals surface area contributed by atoms with Crippen molar-refractivity contribution >= 4 is 26.8 Å². The van der Waals surface area contributed by atoms with Gasteiger partial charge in [-0.25, -0.2) is 0 Å². The third-order valence-electron chi connectivity index (χ3n) is 2.32. The van der Waals surface area contributed by atoms with Crippen molar-refractivity contribution in [1.82, 2.24) is 4.57 Å². The highest BCUT2D eigenvalue weighted by atomic mass is 79.9. The third kappa shape index (κ3) is 2.29. The fourth-order valence-electron chi connectivity index (χ4n) is 1.72. The van der Waals surface area contributed by atoms with Crippen molar-refractivity contribution in [3.63, 3.8) is 0 Å². The van der Waals surface area contributed by atoms with Crippen molar-refractivity contribution in [2.75, 3.05) is 0 Å². The molecule has 6 heteroatoms. The number of rotatable bonds is 1. The van der Waals surface area contributed by atoms with Crippen LogP contribution in [0.4, 0.5) is 13.2 Å². The summed E-state index contributed by atoms with van der Waals surface area (Å²) in [6.07, 6.45) is -4.35. The van der Waals surface area contributed by atoms with Crippen molar-refractivity contribution in [2.24, 2.45) is 0 Å². The predicted octanol–water partition coefficient (Wildman–Crippen LogP) is 3.84. The molecule has 0 spiro atoms. The molecule has 88 valence electrons. The number of nitrogens with zero attached hydrogens (tertiary/aromatic N) is 2. The molecule has 2 rings (SSSR count). The van der Waals surface area contributed by atoms with Gasteiger partial charge >= 0.3 is 6.18 Å². The summed E-state index contributed by atoms with van der Waals surface area (Å²) in [7, 11) is 0.